The fourth-order valence-electron chi connectivity index (χ4n) is 2.69. The highest BCUT2D eigenvalue weighted by Gasteiger charge is 2.19. The van der Waals surface area contributed by atoms with Gasteiger partial charge in [-0.05, 0) is 31.2 Å². The minimum atomic E-state index is -1.07. The Bertz CT molecular complexity index is 1110. The van der Waals surface area contributed by atoms with E-state index in [4.69, 9.17) is 9.84 Å². The number of methoxy groups -OCH3 is 1. The van der Waals surface area contributed by atoms with Crippen molar-refractivity contribution >= 4 is 40.1 Å². The van der Waals surface area contributed by atoms with Crippen LogP contribution in [0.2, 0.25) is 0 Å². The van der Waals surface area contributed by atoms with E-state index >= 15 is 0 Å². The van der Waals surface area contributed by atoms with Crippen LogP contribution in [-0.2, 0) is 11.2 Å². The molecule has 0 fully saturated rings. The number of urea groups is 1. The lowest BCUT2D eigenvalue weighted by Gasteiger charge is -2.13. The molecule has 1 heterocycles. The van der Waals surface area contributed by atoms with Crippen LogP contribution in [0.3, 0.4) is 0 Å². The number of ketones is 1. The number of aliphatic carboxylic acids is 1. The number of benzene rings is 2. The Morgan fingerprint density at radius 2 is 1.87 bits per heavy atom. The van der Waals surface area contributed by atoms with Gasteiger partial charge in [-0.2, -0.15) is 4.37 Å². The van der Waals surface area contributed by atoms with Gasteiger partial charge >= 0.3 is 12.0 Å². The number of aromatic nitrogens is 2. The Balaban J connectivity index is 1.81. The fraction of sp³-hybridized carbons (Fsp3) is 0.150. The average Bonchev–Trinajstić information content (AvgIpc) is 3.14. The summed E-state index contributed by atoms with van der Waals surface area (Å²) >= 11 is 0.865. The number of carbonyl (C=O) groups is 3. The van der Waals surface area contributed by atoms with Crippen LogP contribution in [0.25, 0.3) is 0 Å². The highest BCUT2D eigenvalue weighted by molar-refractivity contribution is 7.09. The van der Waals surface area contributed by atoms with Crippen LogP contribution in [0.15, 0.2) is 42.5 Å². The van der Waals surface area contributed by atoms with Crippen molar-refractivity contribution in [3.05, 3.63) is 65.0 Å². The second-order valence-corrected chi connectivity index (χ2v) is 7.00. The SMILES string of the molecule is COc1ccccc1C(=O)c1cc(C)ccc1NC(=O)Nc1nc(CC(=O)O)ns1. The van der Waals surface area contributed by atoms with E-state index in [0.717, 1.165) is 17.1 Å². The summed E-state index contributed by atoms with van der Waals surface area (Å²) in [5.41, 5.74) is 1.83. The number of aryl methyl sites for hydroxylation is 1. The number of nitrogens with one attached hydrogen (secondary N) is 2. The zero-order chi connectivity index (χ0) is 21.7. The number of carbonyl (C=O) groups excluding carboxylic acids is 2. The van der Waals surface area contributed by atoms with Crippen molar-refractivity contribution in [3.63, 3.8) is 0 Å². The molecule has 0 aliphatic rings. The van der Waals surface area contributed by atoms with Crippen LogP contribution in [0, 0.1) is 6.92 Å². The number of amides is 2. The Labute approximate surface area is 175 Å². The molecular weight excluding hydrogens is 408 g/mol. The summed E-state index contributed by atoms with van der Waals surface area (Å²) in [5, 5.41) is 14.0. The number of hydrogen-bond acceptors (Lipinski definition) is 7. The van der Waals surface area contributed by atoms with Crippen molar-refractivity contribution in [2.24, 2.45) is 0 Å². The molecule has 30 heavy (non-hydrogen) atoms. The summed E-state index contributed by atoms with van der Waals surface area (Å²) in [6, 6.07) is 11.3. The third kappa shape index (κ3) is 4.97. The smallest absolute Gasteiger partial charge is 0.325 e. The summed E-state index contributed by atoms with van der Waals surface area (Å²) in [6.45, 7) is 1.84. The Morgan fingerprint density at radius 3 is 2.60 bits per heavy atom. The molecule has 1 aromatic heterocycles. The first kappa shape index (κ1) is 20.9. The molecule has 3 aromatic rings. The molecule has 0 bridgehead atoms. The minimum Gasteiger partial charge on any atom is -0.496 e. The number of ether oxygens (including phenoxy) is 1. The van der Waals surface area contributed by atoms with Crippen molar-refractivity contribution in [2.45, 2.75) is 13.3 Å². The van der Waals surface area contributed by atoms with Gasteiger partial charge in [0.05, 0.1) is 18.4 Å². The maximum atomic E-state index is 13.1. The van der Waals surface area contributed by atoms with Crippen LogP contribution in [-0.4, -0.2) is 39.4 Å². The average molecular weight is 426 g/mol. The second kappa shape index (κ2) is 9.14. The van der Waals surface area contributed by atoms with Gasteiger partial charge in [-0.25, -0.2) is 9.78 Å². The molecule has 154 valence electrons. The van der Waals surface area contributed by atoms with Crippen LogP contribution in [0.5, 0.6) is 5.75 Å². The van der Waals surface area contributed by atoms with Gasteiger partial charge in [0.25, 0.3) is 0 Å². The van der Waals surface area contributed by atoms with Crippen molar-refractivity contribution in [1.82, 2.24) is 9.36 Å². The van der Waals surface area contributed by atoms with E-state index in [9.17, 15) is 14.4 Å². The van der Waals surface area contributed by atoms with Crippen molar-refractivity contribution < 1.29 is 24.2 Å². The molecule has 9 nitrogen and oxygen atoms in total. The lowest BCUT2D eigenvalue weighted by molar-refractivity contribution is -0.136. The zero-order valence-electron chi connectivity index (χ0n) is 16.1. The standard InChI is InChI=1S/C20H18N4O5S/c1-11-7-8-14(13(9-11)18(27)12-5-3-4-6-15(12)29-2)21-19(28)23-20-22-16(24-30-20)10-17(25)26/h3-9H,10H2,1-2H3,(H,25,26)(H2,21,22,23,24,28). The van der Waals surface area contributed by atoms with Crippen LogP contribution in [0.4, 0.5) is 15.6 Å². The largest absolute Gasteiger partial charge is 0.496 e. The topological polar surface area (TPSA) is 131 Å². The highest BCUT2D eigenvalue weighted by Crippen LogP contribution is 2.26. The van der Waals surface area contributed by atoms with Gasteiger partial charge in [0.15, 0.2) is 11.6 Å². The Kier molecular flexibility index (Phi) is 6.38. The molecule has 0 unspecified atom stereocenters. The van der Waals surface area contributed by atoms with Crippen LogP contribution >= 0.6 is 11.5 Å². The molecule has 0 saturated carbocycles. The number of nitrogens with zero attached hydrogens (tertiary/aromatic N) is 2. The van der Waals surface area contributed by atoms with E-state index < -0.39 is 12.0 Å². The van der Waals surface area contributed by atoms with Crippen LogP contribution < -0.4 is 15.4 Å². The number of hydrogen-bond donors (Lipinski definition) is 3. The van der Waals surface area contributed by atoms with Crippen LogP contribution in [0.1, 0.15) is 27.3 Å². The molecule has 0 aliphatic heterocycles. The van der Waals surface area contributed by atoms with E-state index in [1.54, 1.807) is 42.5 Å². The molecule has 0 aliphatic carbocycles. The number of para-hydroxylation sites is 1. The first-order valence-electron chi connectivity index (χ1n) is 8.78. The summed E-state index contributed by atoms with van der Waals surface area (Å²) < 4.78 is 9.14. The Hall–Kier alpha value is -3.79. The van der Waals surface area contributed by atoms with Gasteiger partial charge < -0.3 is 15.2 Å². The van der Waals surface area contributed by atoms with Crippen molar-refractivity contribution in [2.75, 3.05) is 17.7 Å². The van der Waals surface area contributed by atoms with E-state index in [1.807, 2.05) is 6.92 Å². The zero-order valence-corrected chi connectivity index (χ0v) is 16.9. The molecule has 0 spiro atoms. The van der Waals surface area contributed by atoms with Crippen molar-refractivity contribution in [1.29, 1.82) is 0 Å². The summed E-state index contributed by atoms with van der Waals surface area (Å²) in [5.74, 6) is -0.835. The Morgan fingerprint density at radius 1 is 1.10 bits per heavy atom. The third-order valence-corrected chi connectivity index (χ3v) is 4.69. The molecule has 0 saturated heterocycles. The van der Waals surface area contributed by atoms with Crippen molar-refractivity contribution in [3.8, 4) is 5.75 Å². The summed E-state index contributed by atoms with van der Waals surface area (Å²) in [4.78, 5) is 40.2. The van der Waals surface area contributed by atoms with Gasteiger partial charge in [-0.3, -0.25) is 14.9 Å². The molecule has 3 rings (SSSR count). The monoisotopic (exact) mass is 426 g/mol. The normalized spacial score (nSPS) is 10.3. The predicted octanol–water partition coefficient (Wildman–Crippen LogP) is 3.36. The molecule has 0 atom stereocenters. The first-order valence-corrected chi connectivity index (χ1v) is 9.55. The lowest BCUT2D eigenvalue weighted by Crippen LogP contribution is -2.21. The third-order valence-electron chi connectivity index (χ3n) is 4.02. The van der Waals surface area contributed by atoms with Gasteiger partial charge in [-0.1, -0.05) is 23.8 Å². The fourth-order valence-corrected chi connectivity index (χ4v) is 3.28. The molecule has 0 radical (unpaired) electrons. The van der Waals surface area contributed by atoms with E-state index in [-0.39, 0.29) is 23.2 Å². The number of carboxylic acids is 1. The number of carboxylic acid groups (broad SMARTS) is 1. The van der Waals surface area contributed by atoms with Gasteiger partial charge in [0.1, 0.15) is 12.2 Å². The molecule has 3 N–H and O–H groups in total. The predicted molar refractivity (Wildman–Crippen MR) is 111 cm³/mol. The van der Waals surface area contributed by atoms with E-state index in [2.05, 4.69) is 20.0 Å². The summed E-state index contributed by atoms with van der Waals surface area (Å²) in [7, 11) is 1.48. The van der Waals surface area contributed by atoms with Gasteiger partial charge in [0.2, 0.25) is 5.13 Å². The molecular formula is C20H18N4O5S. The lowest BCUT2D eigenvalue weighted by atomic mass is 9.99. The van der Waals surface area contributed by atoms with E-state index in [1.165, 1.54) is 7.11 Å². The van der Waals surface area contributed by atoms with E-state index in [0.29, 0.717) is 22.6 Å². The molecule has 10 heteroatoms. The molecule has 2 aromatic carbocycles. The molecule has 2 amide bonds. The number of anilines is 2. The van der Waals surface area contributed by atoms with Gasteiger partial charge in [0, 0.05) is 17.1 Å². The maximum Gasteiger partial charge on any atom is 0.325 e. The quantitative estimate of drug-likeness (QED) is 0.494. The first-order chi connectivity index (χ1) is 14.4. The number of rotatable bonds is 7. The van der Waals surface area contributed by atoms with Gasteiger partial charge in [-0.15, -0.1) is 0 Å². The second-order valence-electron chi connectivity index (χ2n) is 6.24. The maximum absolute atomic E-state index is 13.1. The summed E-state index contributed by atoms with van der Waals surface area (Å²) in [6.07, 6.45) is -0.338. The minimum absolute atomic E-state index is 0.102. The highest BCUT2D eigenvalue weighted by atomic mass is 32.1.